The summed E-state index contributed by atoms with van der Waals surface area (Å²) in [6.07, 6.45) is 3.40. The lowest BCUT2D eigenvalue weighted by molar-refractivity contribution is -0.117. The van der Waals surface area contributed by atoms with Crippen LogP contribution in [0.15, 0.2) is 12.4 Å². The van der Waals surface area contributed by atoms with E-state index < -0.39 is 0 Å². The molecule has 1 aliphatic rings. The number of carbonyl (C=O) groups is 1. The normalized spacial score (nSPS) is 17.0. The Morgan fingerprint density at radius 2 is 1.96 bits per heavy atom. The molecule has 0 fully saturated rings. The predicted molar refractivity (Wildman–Crippen MR) is 89.2 cm³/mol. The second-order valence-electron chi connectivity index (χ2n) is 5.90. The first-order valence-electron chi connectivity index (χ1n) is 7.50. The molecule has 3 rings (SSSR count). The van der Waals surface area contributed by atoms with Crippen LogP contribution in [0.2, 0.25) is 0 Å². The Morgan fingerprint density at radius 1 is 1.22 bits per heavy atom. The molecule has 120 valence electrons. The number of amides is 1. The molecule has 0 aromatic carbocycles. The standard InChI is InChI=1S/C16H20N6O/c1-8-5-18-13(10(3)9(8)2)7-22-11(4)15(23)20-12-6-19-16(17)21-14(12)22/h5-6,11H,7H2,1-4H3,(H,20,23)(H2,17,19,21). The van der Waals surface area contributed by atoms with Crippen LogP contribution >= 0.6 is 0 Å². The molecule has 3 N–H and O–H groups in total. The van der Waals surface area contributed by atoms with Crippen molar-refractivity contribution in [2.75, 3.05) is 16.0 Å². The van der Waals surface area contributed by atoms with Gasteiger partial charge in [0.25, 0.3) is 0 Å². The van der Waals surface area contributed by atoms with Gasteiger partial charge in [-0.3, -0.25) is 9.78 Å². The van der Waals surface area contributed by atoms with Crippen LogP contribution in [0, 0.1) is 20.8 Å². The van der Waals surface area contributed by atoms with Crippen molar-refractivity contribution in [2.24, 2.45) is 0 Å². The maximum atomic E-state index is 12.2. The summed E-state index contributed by atoms with van der Waals surface area (Å²) >= 11 is 0. The molecule has 2 aromatic rings. The molecule has 0 saturated heterocycles. The zero-order chi connectivity index (χ0) is 16.7. The minimum atomic E-state index is -0.361. The first kappa shape index (κ1) is 15.2. The van der Waals surface area contributed by atoms with Gasteiger partial charge in [-0.1, -0.05) is 0 Å². The van der Waals surface area contributed by atoms with Crippen LogP contribution in [0.25, 0.3) is 0 Å². The highest BCUT2D eigenvalue weighted by Gasteiger charge is 2.31. The summed E-state index contributed by atoms with van der Waals surface area (Å²) in [5.74, 6) is 0.721. The molecule has 3 heterocycles. The van der Waals surface area contributed by atoms with Crippen LogP contribution in [0.5, 0.6) is 0 Å². The number of pyridine rings is 1. The molecule has 1 aliphatic heterocycles. The van der Waals surface area contributed by atoms with Crippen molar-refractivity contribution in [3.63, 3.8) is 0 Å². The van der Waals surface area contributed by atoms with Crippen molar-refractivity contribution in [3.8, 4) is 0 Å². The van der Waals surface area contributed by atoms with Gasteiger partial charge in [-0.15, -0.1) is 0 Å². The fourth-order valence-corrected chi connectivity index (χ4v) is 2.67. The molecule has 0 bridgehead atoms. The van der Waals surface area contributed by atoms with E-state index in [2.05, 4.69) is 34.1 Å². The van der Waals surface area contributed by atoms with E-state index in [0.29, 0.717) is 18.1 Å². The van der Waals surface area contributed by atoms with E-state index >= 15 is 0 Å². The van der Waals surface area contributed by atoms with E-state index in [1.54, 1.807) is 0 Å². The van der Waals surface area contributed by atoms with Gasteiger partial charge in [-0.25, -0.2) is 4.98 Å². The fraction of sp³-hybridized carbons (Fsp3) is 0.375. The predicted octanol–water partition coefficient (Wildman–Crippen LogP) is 1.73. The van der Waals surface area contributed by atoms with Crippen molar-refractivity contribution in [1.82, 2.24) is 15.0 Å². The minimum Gasteiger partial charge on any atom is -0.368 e. The summed E-state index contributed by atoms with van der Waals surface area (Å²) in [4.78, 5) is 26.9. The average Bonchev–Trinajstić information content (AvgIpc) is 2.52. The van der Waals surface area contributed by atoms with E-state index in [1.165, 1.54) is 11.8 Å². The third kappa shape index (κ3) is 2.58. The summed E-state index contributed by atoms with van der Waals surface area (Å²) in [6.45, 7) is 8.50. The Kier molecular flexibility index (Phi) is 3.63. The van der Waals surface area contributed by atoms with E-state index in [9.17, 15) is 4.79 Å². The number of nitrogens with zero attached hydrogens (tertiary/aromatic N) is 4. The molecule has 1 amide bonds. The number of nitrogens with two attached hydrogens (primary N) is 1. The van der Waals surface area contributed by atoms with Crippen molar-refractivity contribution < 1.29 is 4.79 Å². The molecule has 1 atom stereocenters. The van der Waals surface area contributed by atoms with E-state index in [0.717, 1.165) is 16.8 Å². The minimum absolute atomic E-state index is 0.0904. The Hall–Kier alpha value is -2.70. The Balaban J connectivity index is 2.04. The number of nitrogens with one attached hydrogen (secondary N) is 1. The number of aryl methyl sites for hydroxylation is 1. The first-order valence-corrected chi connectivity index (χ1v) is 7.50. The Bertz CT molecular complexity index is 788. The van der Waals surface area contributed by atoms with Gasteiger partial charge in [0, 0.05) is 6.20 Å². The summed E-state index contributed by atoms with van der Waals surface area (Å²) < 4.78 is 0. The van der Waals surface area contributed by atoms with Gasteiger partial charge < -0.3 is 16.0 Å². The lowest BCUT2D eigenvalue weighted by Crippen LogP contribution is -2.46. The third-order valence-electron chi connectivity index (χ3n) is 4.49. The van der Waals surface area contributed by atoms with Crippen molar-refractivity contribution in [3.05, 3.63) is 34.8 Å². The maximum Gasteiger partial charge on any atom is 0.247 e. The van der Waals surface area contributed by atoms with Crippen LogP contribution in [0.1, 0.15) is 29.3 Å². The SMILES string of the molecule is Cc1cnc(CN2c3nc(N)ncc3NC(=O)C2C)c(C)c1C. The van der Waals surface area contributed by atoms with Gasteiger partial charge in [0.05, 0.1) is 18.4 Å². The van der Waals surface area contributed by atoms with E-state index in [4.69, 9.17) is 5.73 Å². The molecule has 23 heavy (non-hydrogen) atoms. The van der Waals surface area contributed by atoms with Gasteiger partial charge in [0.2, 0.25) is 11.9 Å². The van der Waals surface area contributed by atoms with E-state index in [1.807, 2.05) is 24.9 Å². The maximum absolute atomic E-state index is 12.2. The molecular weight excluding hydrogens is 292 g/mol. The van der Waals surface area contributed by atoms with Gasteiger partial charge in [0.15, 0.2) is 5.82 Å². The quantitative estimate of drug-likeness (QED) is 0.876. The second kappa shape index (κ2) is 5.49. The van der Waals surface area contributed by atoms with Crippen LogP contribution in [-0.4, -0.2) is 26.9 Å². The zero-order valence-corrected chi connectivity index (χ0v) is 13.7. The first-order chi connectivity index (χ1) is 10.9. The monoisotopic (exact) mass is 312 g/mol. The van der Waals surface area contributed by atoms with Gasteiger partial charge >= 0.3 is 0 Å². The summed E-state index contributed by atoms with van der Waals surface area (Å²) in [7, 11) is 0. The summed E-state index contributed by atoms with van der Waals surface area (Å²) in [6, 6.07) is -0.361. The number of hydrogen-bond donors (Lipinski definition) is 2. The number of aromatic nitrogens is 3. The molecule has 0 radical (unpaired) electrons. The number of hydrogen-bond acceptors (Lipinski definition) is 6. The number of nitrogen functional groups attached to an aromatic ring is 1. The number of fused-ring (bicyclic) bond motifs is 1. The molecule has 0 spiro atoms. The van der Waals surface area contributed by atoms with Gasteiger partial charge in [-0.2, -0.15) is 4.98 Å². The van der Waals surface area contributed by atoms with Gasteiger partial charge in [0.1, 0.15) is 11.7 Å². The number of anilines is 3. The largest absolute Gasteiger partial charge is 0.368 e. The number of carbonyl (C=O) groups excluding carboxylic acids is 1. The fourth-order valence-electron chi connectivity index (χ4n) is 2.67. The van der Waals surface area contributed by atoms with Gasteiger partial charge in [-0.05, 0) is 44.4 Å². The molecule has 7 heteroatoms. The van der Waals surface area contributed by atoms with E-state index in [-0.39, 0.29) is 17.9 Å². The lowest BCUT2D eigenvalue weighted by atomic mass is 10.0. The Labute approximate surface area is 135 Å². The molecule has 0 saturated carbocycles. The van der Waals surface area contributed by atoms with Crippen molar-refractivity contribution in [1.29, 1.82) is 0 Å². The average molecular weight is 312 g/mol. The molecular formula is C16H20N6O. The molecule has 2 aromatic heterocycles. The molecule has 0 aliphatic carbocycles. The molecule has 7 nitrogen and oxygen atoms in total. The van der Waals surface area contributed by atoms with Crippen LogP contribution in [0.4, 0.5) is 17.5 Å². The third-order valence-corrected chi connectivity index (χ3v) is 4.49. The Morgan fingerprint density at radius 3 is 2.70 bits per heavy atom. The highest BCUT2D eigenvalue weighted by atomic mass is 16.2. The lowest BCUT2D eigenvalue weighted by Gasteiger charge is -2.35. The van der Waals surface area contributed by atoms with Crippen molar-refractivity contribution >= 4 is 23.4 Å². The summed E-state index contributed by atoms with van der Waals surface area (Å²) in [5, 5.41) is 2.81. The van der Waals surface area contributed by atoms with Crippen LogP contribution in [-0.2, 0) is 11.3 Å². The van der Waals surface area contributed by atoms with Crippen LogP contribution in [0.3, 0.4) is 0 Å². The molecule has 1 unspecified atom stereocenters. The van der Waals surface area contributed by atoms with Crippen molar-refractivity contribution in [2.45, 2.75) is 40.3 Å². The highest BCUT2D eigenvalue weighted by Crippen LogP contribution is 2.31. The smallest absolute Gasteiger partial charge is 0.247 e. The zero-order valence-electron chi connectivity index (χ0n) is 13.7. The number of rotatable bonds is 2. The summed E-state index contributed by atoms with van der Waals surface area (Å²) in [5.41, 5.74) is 10.7. The topological polar surface area (TPSA) is 97.0 Å². The second-order valence-corrected chi connectivity index (χ2v) is 5.90. The highest BCUT2D eigenvalue weighted by molar-refractivity contribution is 6.02. The van der Waals surface area contributed by atoms with Crippen LogP contribution < -0.4 is 16.0 Å².